The Morgan fingerprint density at radius 2 is 1.83 bits per heavy atom. The maximum Gasteiger partial charge on any atom is 0.261 e. The smallest absolute Gasteiger partial charge is 0.261 e. The topological polar surface area (TPSA) is 75.9 Å². The van der Waals surface area contributed by atoms with Crippen LogP contribution in [-0.2, 0) is 4.74 Å². The Kier molecular flexibility index (Phi) is 6.61. The van der Waals surface area contributed by atoms with E-state index in [1.54, 1.807) is 17.8 Å². The van der Waals surface area contributed by atoms with Crippen LogP contribution in [0.3, 0.4) is 0 Å². The molecule has 2 aliphatic heterocycles. The number of amides is 2. The molecule has 6 nitrogen and oxygen atoms in total. The van der Waals surface area contributed by atoms with Gasteiger partial charge >= 0.3 is 0 Å². The fourth-order valence-corrected chi connectivity index (χ4v) is 5.36. The van der Waals surface area contributed by atoms with Crippen LogP contribution in [0.25, 0.3) is 10.8 Å². The lowest BCUT2D eigenvalue weighted by atomic mass is 9.93. The van der Waals surface area contributed by atoms with Gasteiger partial charge in [-0.3, -0.25) is 19.4 Å². The average Bonchev–Trinajstić information content (AvgIpc) is 2.76. The fraction of sp³-hybridized carbons (Fsp3) is 0.478. The normalized spacial score (nSPS) is 17.2. The van der Waals surface area contributed by atoms with Crippen LogP contribution < -0.4 is 5.73 Å². The predicted octanol–water partition coefficient (Wildman–Crippen LogP) is 3.63. The molecule has 2 N–H and O–H groups in total. The Bertz CT molecular complexity index is 956. The van der Waals surface area contributed by atoms with Gasteiger partial charge in [-0.05, 0) is 36.1 Å². The first-order valence-corrected chi connectivity index (χ1v) is 11.7. The standard InChI is InChI=1S/C23H29N3O3S/c1-2-3-14-30-21-16-6-4-7-17-20(16)18(15-19(21)24)23(28)26(22(17)27)9-5-8-25-10-12-29-13-11-25/h4,6-7,15H,2-3,5,8-14,24H2,1H3. The average molecular weight is 428 g/mol. The number of nitrogens with two attached hydrogens (primary N) is 1. The molecular formula is C23H29N3O3S. The number of benzene rings is 2. The van der Waals surface area contributed by atoms with Crippen molar-refractivity contribution < 1.29 is 14.3 Å². The number of ether oxygens (including phenoxy) is 1. The summed E-state index contributed by atoms with van der Waals surface area (Å²) in [5.74, 6) is 0.534. The van der Waals surface area contributed by atoms with Crippen molar-refractivity contribution in [2.24, 2.45) is 0 Å². The summed E-state index contributed by atoms with van der Waals surface area (Å²) in [6.45, 7) is 6.72. The Morgan fingerprint density at radius 1 is 1.07 bits per heavy atom. The van der Waals surface area contributed by atoms with Gasteiger partial charge in [0.1, 0.15) is 0 Å². The zero-order valence-corrected chi connectivity index (χ0v) is 18.3. The third-order valence-electron chi connectivity index (χ3n) is 5.80. The molecule has 0 atom stereocenters. The van der Waals surface area contributed by atoms with Gasteiger partial charge in [0, 0.05) is 47.7 Å². The monoisotopic (exact) mass is 427 g/mol. The van der Waals surface area contributed by atoms with Crippen LogP contribution in [0.5, 0.6) is 0 Å². The van der Waals surface area contributed by atoms with Gasteiger partial charge in [-0.2, -0.15) is 0 Å². The summed E-state index contributed by atoms with van der Waals surface area (Å²) in [6.07, 6.45) is 2.97. The Hall–Kier alpha value is -2.09. The molecule has 0 radical (unpaired) electrons. The lowest BCUT2D eigenvalue weighted by Gasteiger charge is -2.30. The number of unbranched alkanes of at least 4 members (excludes halogenated alkanes) is 1. The van der Waals surface area contributed by atoms with E-state index in [4.69, 9.17) is 10.5 Å². The summed E-state index contributed by atoms with van der Waals surface area (Å²) < 4.78 is 5.38. The molecule has 0 unspecified atom stereocenters. The lowest BCUT2D eigenvalue weighted by molar-refractivity contribution is 0.0352. The second-order valence-corrected chi connectivity index (χ2v) is 8.95. The molecule has 2 aromatic carbocycles. The molecule has 0 spiro atoms. The van der Waals surface area contributed by atoms with E-state index in [0.29, 0.717) is 23.4 Å². The zero-order valence-electron chi connectivity index (χ0n) is 17.5. The maximum atomic E-state index is 13.2. The van der Waals surface area contributed by atoms with Crippen molar-refractivity contribution in [2.45, 2.75) is 31.1 Å². The Balaban J connectivity index is 1.59. The first-order valence-electron chi connectivity index (χ1n) is 10.8. The van der Waals surface area contributed by atoms with E-state index < -0.39 is 0 Å². The minimum atomic E-state index is -0.234. The highest BCUT2D eigenvalue weighted by Crippen LogP contribution is 2.40. The molecule has 7 heteroatoms. The number of hydrogen-bond donors (Lipinski definition) is 1. The molecule has 30 heavy (non-hydrogen) atoms. The summed E-state index contributed by atoms with van der Waals surface area (Å²) in [5, 5.41) is 1.67. The van der Waals surface area contributed by atoms with E-state index in [1.807, 2.05) is 18.2 Å². The molecule has 2 aromatic rings. The van der Waals surface area contributed by atoms with Crippen molar-refractivity contribution >= 4 is 40.0 Å². The van der Waals surface area contributed by atoms with Gasteiger partial charge in [0.05, 0.1) is 18.8 Å². The molecule has 0 aromatic heterocycles. The number of carbonyl (C=O) groups is 2. The van der Waals surface area contributed by atoms with Crippen molar-refractivity contribution in [2.75, 3.05) is 50.9 Å². The van der Waals surface area contributed by atoms with Crippen LogP contribution in [-0.4, -0.2) is 66.8 Å². The van der Waals surface area contributed by atoms with Crippen LogP contribution in [0.15, 0.2) is 29.2 Å². The van der Waals surface area contributed by atoms with Gasteiger partial charge < -0.3 is 10.5 Å². The molecule has 2 heterocycles. The molecular weight excluding hydrogens is 398 g/mol. The maximum absolute atomic E-state index is 13.2. The van der Waals surface area contributed by atoms with Crippen LogP contribution >= 0.6 is 11.8 Å². The van der Waals surface area contributed by atoms with Gasteiger partial charge in [-0.1, -0.05) is 25.5 Å². The number of morpholine rings is 1. The molecule has 1 saturated heterocycles. The molecule has 2 amide bonds. The summed E-state index contributed by atoms with van der Waals surface area (Å²) in [7, 11) is 0. The van der Waals surface area contributed by atoms with E-state index in [2.05, 4.69) is 11.8 Å². The number of rotatable bonds is 8. The van der Waals surface area contributed by atoms with Crippen molar-refractivity contribution in [3.8, 4) is 0 Å². The highest BCUT2D eigenvalue weighted by atomic mass is 32.2. The quantitative estimate of drug-likeness (QED) is 0.300. The van der Waals surface area contributed by atoms with Crippen LogP contribution in [0, 0.1) is 0 Å². The van der Waals surface area contributed by atoms with Gasteiger partial charge in [0.15, 0.2) is 0 Å². The minimum Gasteiger partial charge on any atom is -0.398 e. The van der Waals surface area contributed by atoms with Gasteiger partial charge in [-0.15, -0.1) is 11.8 Å². The zero-order chi connectivity index (χ0) is 21.1. The molecule has 1 fully saturated rings. The van der Waals surface area contributed by atoms with E-state index in [9.17, 15) is 9.59 Å². The summed E-state index contributed by atoms with van der Waals surface area (Å²) in [5.41, 5.74) is 8.13. The first kappa shape index (κ1) is 21.2. The second-order valence-electron chi connectivity index (χ2n) is 7.84. The molecule has 2 aliphatic rings. The third-order valence-corrected chi connectivity index (χ3v) is 7.03. The van der Waals surface area contributed by atoms with Gasteiger partial charge in [0.25, 0.3) is 11.8 Å². The van der Waals surface area contributed by atoms with E-state index >= 15 is 0 Å². The predicted molar refractivity (Wildman–Crippen MR) is 121 cm³/mol. The Labute approximate surface area is 181 Å². The number of carbonyl (C=O) groups excluding carboxylic acids is 2. The summed E-state index contributed by atoms with van der Waals surface area (Å²) in [6, 6.07) is 7.46. The van der Waals surface area contributed by atoms with Crippen molar-refractivity contribution in [1.29, 1.82) is 0 Å². The Morgan fingerprint density at radius 3 is 2.60 bits per heavy atom. The van der Waals surface area contributed by atoms with Crippen LogP contribution in [0.4, 0.5) is 5.69 Å². The van der Waals surface area contributed by atoms with Crippen LogP contribution in [0.1, 0.15) is 46.9 Å². The van der Waals surface area contributed by atoms with Gasteiger partial charge in [0.2, 0.25) is 0 Å². The fourth-order valence-electron chi connectivity index (χ4n) is 4.17. The number of imide groups is 1. The summed E-state index contributed by atoms with van der Waals surface area (Å²) >= 11 is 1.71. The second kappa shape index (κ2) is 9.37. The molecule has 0 bridgehead atoms. The first-order chi connectivity index (χ1) is 14.6. The minimum absolute atomic E-state index is 0.200. The SMILES string of the molecule is CCCCSc1c(N)cc2c3c(cccc13)C(=O)N(CCCN1CCOCC1)C2=O. The molecule has 0 saturated carbocycles. The van der Waals surface area contributed by atoms with Crippen molar-refractivity contribution in [3.05, 3.63) is 35.4 Å². The molecule has 0 aliphatic carbocycles. The number of nitrogens with zero attached hydrogens (tertiary/aromatic N) is 2. The summed E-state index contributed by atoms with van der Waals surface area (Å²) in [4.78, 5) is 31.1. The van der Waals surface area contributed by atoms with Gasteiger partial charge in [-0.25, -0.2) is 0 Å². The van der Waals surface area contributed by atoms with Crippen molar-refractivity contribution in [1.82, 2.24) is 9.80 Å². The number of thioether (sulfide) groups is 1. The largest absolute Gasteiger partial charge is 0.398 e. The number of nitrogen functional groups attached to an aromatic ring is 1. The number of anilines is 1. The van der Waals surface area contributed by atoms with Crippen molar-refractivity contribution in [3.63, 3.8) is 0 Å². The third kappa shape index (κ3) is 4.06. The number of hydrogen-bond acceptors (Lipinski definition) is 6. The molecule has 4 rings (SSSR count). The van der Waals surface area contributed by atoms with E-state index in [-0.39, 0.29) is 11.8 Å². The highest BCUT2D eigenvalue weighted by molar-refractivity contribution is 7.99. The van der Waals surface area contributed by atoms with Crippen LogP contribution in [0.2, 0.25) is 0 Å². The highest BCUT2D eigenvalue weighted by Gasteiger charge is 2.33. The van der Waals surface area contributed by atoms with E-state index in [1.165, 1.54) is 4.90 Å². The molecule has 160 valence electrons. The van der Waals surface area contributed by atoms with E-state index in [0.717, 1.165) is 73.5 Å². The lowest BCUT2D eigenvalue weighted by Crippen LogP contribution is -2.43.